The topological polar surface area (TPSA) is 110 Å². The molecule has 3 N–H and O–H groups in total. The van der Waals surface area contributed by atoms with Crippen molar-refractivity contribution in [1.29, 1.82) is 0 Å². The van der Waals surface area contributed by atoms with Crippen molar-refractivity contribution in [2.75, 3.05) is 19.7 Å². The first-order chi connectivity index (χ1) is 13.8. The maximum Gasteiger partial charge on any atom is 0.191 e. The van der Waals surface area contributed by atoms with Gasteiger partial charge in [0.15, 0.2) is 11.8 Å². The van der Waals surface area contributed by atoms with E-state index in [0.29, 0.717) is 19.0 Å². The fraction of sp³-hybridized carbons (Fsp3) is 0.650. The minimum Gasteiger partial charge on any atom is -0.466 e. The number of aromatic nitrogens is 3. The van der Waals surface area contributed by atoms with Gasteiger partial charge in [-0.15, -0.1) is 10.2 Å². The van der Waals surface area contributed by atoms with E-state index in [2.05, 4.69) is 25.8 Å². The van der Waals surface area contributed by atoms with Crippen LogP contribution >= 0.6 is 0 Å². The van der Waals surface area contributed by atoms with Crippen LogP contribution in [0.2, 0.25) is 0 Å². The lowest BCUT2D eigenvalue weighted by molar-refractivity contribution is 0.0600. The molecule has 3 heterocycles. The van der Waals surface area contributed by atoms with E-state index < -0.39 is 5.60 Å². The van der Waals surface area contributed by atoms with Crippen LogP contribution in [-0.4, -0.2) is 51.6 Å². The summed E-state index contributed by atoms with van der Waals surface area (Å²) in [5.74, 6) is 3.70. The molecule has 29 heavy (non-hydrogen) atoms. The summed E-state index contributed by atoms with van der Waals surface area (Å²) in [6, 6.07) is 1.87. The second-order valence-electron chi connectivity index (χ2n) is 7.86. The average molecular weight is 405 g/mol. The van der Waals surface area contributed by atoms with E-state index in [9.17, 15) is 5.11 Å². The highest BCUT2D eigenvalue weighted by Gasteiger charge is 2.28. The second-order valence-corrected chi connectivity index (χ2v) is 7.86. The fourth-order valence-electron chi connectivity index (χ4n) is 3.45. The minimum atomic E-state index is -1.10. The quantitative estimate of drug-likeness (QED) is 0.473. The summed E-state index contributed by atoms with van der Waals surface area (Å²) in [6.45, 7) is 9.53. The van der Waals surface area contributed by atoms with E-state index in [1.54, 1.807) is 6.92 Å². The van der Waals surface area contributed by atoms with Crippen LogP contribution in [0.3, 0.4) is 0 Å². The summed E-state index contributed by atoms with van der Waals surface area (Å²) in [5.41, 5.74) is -0.333. The summed E-state index contributed by atoms with van der Waals surface area (Å²) >= 11 is 0. The zero-order valence-corrected chi connectivity index (χ0v) is 17.9. The van der Waals surface area contributed by atoms with Gasteiger partial charge in [0.1, 0.15) is 29.5 Å². The molecule has 9 heteroatoms. The van der Waals surface area contributed by atoms with E-state index in [1.807, 2.05) is 38.5 Å². The van der Waals surface area contributed by atoms with Crippen LogP contribution in [-0.2, 0) is 23.9 Å². The Bertz CT molecular complexity index is 849. The average Bonchev–Trinajstić information content (AvgIpc) is 3.38. The molecule has 1 aliphatic heterocycles. The van der Waals surface area contributed by atoms with Crippen LogP contribution in [0.4, 0.5) is 0 Å². The van der Waals surface area contributed by atoms with E-state index in [4.69, 9.17) is 9.15 Å². The van der Waals surface area contributed by atoms with Gasteiger partial charge in [-0.1, -0.05) is 0 Å². The Morgan fingerprint density at radius 2 is 2.14 bits per heavy atom. The van der Waals surface area contributed by atoms with Gasteiger partial charge in [-0.05, 0) is 46.6 Å². The fourth-order valence-corrected chi connectivity index (χ4v) is 3.45. The Hall–Kier alpha value is -2.39. The largest absolute Gasteiger partial charge is 0.466 e. The highest BCUT2D eigenvalue weighted by atomic mass is 16.5. The lowest BCUT2D eigenvalue weighted by Crippen LogP contribution is -2.46. The molecule has 2 aromatic rings. The number of rotatable bonds is 7. The van der Waals surface area contributed by atoms with E-state index in [1.165, 1.54) is 0 Å². The van der Waals surface area contributed by atoms with Gasteiger partial charge in [0, 0.05) is 25.8 Å². The standard InChI is InChI=1S/C20H32N6O3/c1-13-9-17(14(2)29-13)20(4,27)12-23-19(21-10-16-7-6-8-28-16)22-11-18-25-24-15(3)26(18)5/h9,16,27H,6-8,10-12H2,1-5H3,(H2,21,22,23). The summed E-state index contributed by atoms with van der Waals surface area (Å²) in [5, 5.41) is 25.8. The smallest absolute Gasteiger partial charge is 0.191 e. The van der Waals surface area contributed by atoms with Crippen molar-refractivity contribution in [2.45, 2.75) is 58.8 Å². The van der Waals surface area contributed by atoms with Gasteiger partial charge in [0.05, 0.1) is 12.6 Å². The molecule has 160 valence electrons. The Labute approximate surface area is 171 Å². The maximum absolute atomic E-state index is 11.0. The molecule has 0 saturated carbocycles. The van der Waals surface area contributed by atoms with Gasteiger partial charge in [-0.25, -0.2) is 4.99 Å². The third kappa shape index (κ3) is 5.36. The third-order valence-corrected chi connectivity index (χ3v) is 5.30. The Morgan fingerprint density at radius 3 is 2.72 bits per heavy atom. The number of ether oxygens (including phenoxy) is 1. The van der Waals surface area contributed by atoms with Crippen LogP contribution in [0.15, 0.2) is 15.5 Å². The minimum absolute atomic E-state index is 0.179. The number of hydrogen-bond donors (Lipinski definition) is 3. The number of nitrogens with one attached hydrogen (secondary N) is 2. The predicted molar refractivity (Wildman–Crippen MR) is 110 cm³/mol. The normalized spacial score (nSPS) is 19.4. The molecular weight excluding hydrogens is 372 g/mol. The molecular formula is C20H32N6O3. The molecule has 0 aliphatic carbocycles. The molecule has 2 aromatic heterocycles. The van der Waals surface area contributed by atoms with Crippen molar-refractivity contribution in [3.05, 3.63) is 34.8 Å². The predicted octanol–water partition coefficient (Wildman–Crippen LogP) is 1.46. The SMILES string of the molecule is Cc1cc(C(C)(O)CNC(=NCc2nnc(C)n2C)NCC2CCCO2)c(C)o1. The molecule has 0 amide bonds. The van der Waals surface area contributed by atoms with Crippen LogP contribution in [0.1, 0.15) is 48.5 Å². The molecule has 1 aliphatic rings. The lowest BCUT2D eigenvalue weighted by Gasteiger charge is -2.25. The van der Waals surface area contributed by atoms with Crippen LogP contribution in [0.25, 0.3) is 0 Å². The monoisotopic (exact) mass is 404 g/mol. The molecule has 2 unspecified atom stereocenters. The van der Waals surface area contributed by atoms with Crippen molar-refractivity contribution in [3.8, 4) is 0 Å². The summed E-state index contributed by atoms with van der Waals surface area (Å²) < 4.78 is 13.2. The second kappa shape index (κ2) is 8.96. The number of furan rings is 1. The van der Waals surface area contributed by atoms with Gasteiger partial charge in [0.25, 0.3) is 0 Å². The Kier molecular flexibility index (Phi) is 6.59. The number of guanidine groups is 1. The number of nitrogens with zero attached hydrogens (tertiary/aromatic N) is 4. The molecule has 1 saturated heterocycles. The van der Waals surface area contributed by atoms with Crippen molar-refractivity contribution < 1.29 is 14.3 Å². The molecule has 0 radical (unpaired) electrons. The first kappa shape index (κ1) is 21.3. The van der Waals surface area contributed by atoms with Gasteiger partial charge >= 0.3 is 0 Å². The van der Waals surface area contributed by atoms with Crippen molar-refractivity contribution in [1.82, 2.24) is 25.4 Å². The number of aliphatic imine (C=N–C) groups is 1. The lowest BCUT2D eigenvalue weighted by atomic mass is 9.96. The summed E-state index contributed by atoms with van der Waals surface area (Å²) in [4.78, 5) is 4.63. The van der Waals surface area contributed by atoms with Gasteiger partial charge < -0.3 is 29.5 Å². The van der Waals surface area contributed by atoms with Gasteiger partial charge in [-0.3, -0.25) is 0 Å². The van der Waals surface area contributed by atoms with Crippen LogP contribution < -0.4 is 10.6 Å². The molecule has 9 nitrogen and oxygen atoms in total. The number of aliphatic hydroxyl groups is 1. The molecule has 0 aromatic carbocycles. The summed E-state index contributed by atoms with van der Waals surface area (Å²) in [7, 11) is 1.92. The molecule has 0 bridgehead atoms. The molecule has 3 rings (SSSR count). The van der Waals surface area contributed by atoms with Gasteiger partial charge in [0.2, 0.25) is 0 Å². The Balaban J connectivity index is 1.68. The summed E-state index contributed by atoms with van der Waals surface area (Å²) in [6.07, 6.45) is 2.30. The van der Waals surface area contributed by atoms with E-state index >= 15 is 0 Å². The molecule has 1 fully saturated rings. The zero-order valence-electron chi connectivity index (χ0n) is 17.9. The number of aryl methyl sites for hydroxylation is 3. The van der Waals surface area contributed by atoms with Crippen molar-refractivity contribution >= 4 is 5.96 Å². The van der Waals surface area contributed by atoms with Crippen molar-refractivity contribution in [2.24, 2.45) is 12.0 Å². The van der Waals surface area contributed by atoms with Gasteiger partial charge in [-0.2, -0.15) is 0 Å². The van der Waals surface area contributed by atoms with Crippen molar-refractivity contribution in [3.63, 3.8) is 0 Å². The Morgan fingerprint density at radius 1 is 1.34 bits per heavy atom. The third-order valence-electron chi connectivity index (χ3n) is 5.30. The van der Waals surface area contributed by atoms with E-state index in [0.717, 1.165) is 48.2 Å². The highest BCUT2D eigenvalue weighted by Crippen LogP contribution is 2.26. The first-order valence-corrected chi connectivity index (χ1v) is 10.0. The van der Waals surface area contributed by atoms with Crippen LogP contribution in [0, 0.1) is 20.8 Å². The molecule has 2 atom stereocenters. The van der Waals surface area contributed by atoms with E-state index in [-0.39, 0.29) is 12.6 Å². The number of hydrogen-bond acceptors (Lipinski definition) is 6. The molecule has 0 spiro atoms. The highest BCUT2D eigenvalue weighted by molar-refractivity contribution is 5.79. The zero-order chi connectivity index (χ0) is 21.0. The van der Waals surface area contributed by atoms with Crippen LogP contribution in [0.5, 0.6) is 0 Å². The maximum atomic E-state index is 11.0. The first-order valence-electron chi connectivity index (χ1n) is 10.0.